The largest absolute Gasteiger partial charge is 0.482 e. The number of pyridine rings is 1. The second-order valence-corrected chi connectivity index (χ2v) is 4.12. The Bertz CT molecular complexity index is 338. The van der Waals surface area contributed by atoms with Crippen LogP contribution < -0.4 is 10.1 Å². The van der Waals surface area contributed by atoms with E-state index in [1.807, 2.05) is 13.8 Å². The molecule has 0 amide bonds. The summed E-state index contributed by atoms with van der Waals surface area (Å²) in [7, 11) is 0. The van der Waals surface area contributed by atoms with E-state index < -0.39 is 0 Å². The van der Waals surface area contributed by atoms with Crippen LogP contribution in [0.2, 0.25) is 5.02 Å². The summed E-state index contributed by atoms with van der Waals surface area (Å²) in [5.74, 6) is 0.702. The zero-order valence-corrected chi connectivity index (χ0v) is 8.35. The predicted molar refractivity (Wildman–Crippen MR) is 52.4 cm³/mol. The normalized spacial score (nSPS) is 18.4. The van der Waals surface area contributed by atoms with Crippen molar-refractivity contribution in [1.82, 2.24) is 4.98 Å². The highest BCUT2D eigenvalue weighted by molar-refractivity contribution is 6.32. The Hall–Kier alpha value is -0.960. The Balaban J connectivity index is 2.44. The van der Waals surface area contributed by atoms with Gasteiger partial charge in [0.15, 0.2) is 5.75 Å². The average Bonchev–Trinajstić information content (AvgIpc) is 2.06. The number of anilines is 1. The predicted octanol–water partition coefficient (Wildman–Crippen LogP) is 2.32. The third-order valence-corrected chi connectivity index (χ3v) is 2.21. The molecule has 0 fully saturated rings. The molecule has 1 aliphatic rings. The van der Waals surface area contributed by atoms with Crippen LogP contribution >= 0.6 is 11.6 Å². The minimum atomic E-state index is -0.210. The summed E-state index contributed by atoms with van der Waals surface area (Å²) in [6.45, 7) is 4.79. The number of aromatic nitrogens is 1. The molecule has 1 aromatic heterocycles. The van der Waals surface area contributed by atoms with Crippen molar-refractivity contribution < 1.29 is 4.74 Å². The number of halogens is 1. The third kappa shape index (κ3) is 1.56. The van der Waals surface area contributed by atoms with Crippen molar-refractivity contribution in [2.45, 2.75) is 19.4 Å². The van der Waals surface area contributed by atoms with E-state index >= 15 is 0 Å². The number of ether oxygens (including phenoxy) is 1. The van der Waals surface area contributed by atoms with Gasteiger partial charge < -0.3 is 10.1 Å². The SMILES string of the molecule is CC1(C)CNc2cncc(Cl)c2O1. The van der Waals surface area contributed by atoms with Crippen molar-refractivity contribution in [3.05, 3.63) is 17.4 Å². The van der Waals surface area contributed by atoms with Crippen molar-refractivity contribution in [3.63, 3.8) is 0 Å². The fourth-order valence-electron chi connectivity index (χ4n) is 1.27. The van der Waals surface area contributed by atoms with Crippen LogP contribution in [0.5, 0.6) is 5.75 Å². The molecule has 0 saturated carbocycles. The number of hydrogen-bond acceptors (Lipinski definition) is 3. The van der Waals surface area contributed by atoms with Crippen molar-refractivity contribution >= 4 is 17.3 Å². The summed E-state index contributed by atoms with van der Waals surface area (Å²) >= 11 is 5.94. The first-order chi connectivity index (χ1) is 6.08. The maximum atomic E-state index is 5.94. The molecular weight excluding hydrogens is 188 g/mol. The van der Waals surface area contributed by atoms with Gasteiger partial charge in [-0.3, -0.25) is 4.98 Å². The van der Waals surface area contributed by atoms with Gasteiger partial charge >= 0.3 is 0 Å². The van der Waals surface area contributed by atoms with Crippen LogP contribution in [0.15, 0.2) is 12.4 Å². The minimum Gasteiger partial charge on any atom is -0.482 e. The number of nitrogens with one attached hydrogen (secondary N) is 1. The van der Waals surface area contributed by atoms with Crippen LogP contribution in [0.3, 0.4) is 0 Å². The van der Waals surface area contributed by atoms with Gasteiger partial charge in [0, 0.05) is 6.20 Å². The van der Waals surface area contributed by atoms with E-state index in [9.17, 15) is 0 Å². The molecule has 0 unspecified atom stereocenters. The molecule has 0 saturated heterocycles. The lowest BCUT2D eigenvalue weighted by Gasteiger charge is -2.33. The Morgan fingerprint density at radius 3 is 3.08 bits per heavy atom. The van der Waals surface area contributed by atoms with Crippen molar-refractivity contribution in [1.29, 1.82) is 0 Å². The molecule has 0 aromatic carbocycles. The molecule has 1 aromatic rings. The lowest BCUT2D eigenvalue weighted by atomic mass is 10.1. The maximum absolute atomic E-state index is 5.94. The zero-order chi connectivity index (χ0) is 9.47. The quantitative estimate of drug-likeness (QED) is 0.695. The summed E-state index contributed by atoms with van der Waals surface area (Å²) in [4.78, 5) is 3.97. The molecule has 0 spiro atoms. The molecule has 0 bridgehead atoms. The van der Waals surface area contributed by atoms with Crippen LogP contribution in [0.25, 0.3) is 0 Å². The van der Waals surface area contributed by atoms with Crippen LogP contribution in [0.4, 0.5) is 5.69 Å². The average molecular weight is 199 g/mol. The van der Waals surface area contributed by atoms with Gasteiger partial charge in [0.1, 0.15) is 10.6 Å². The molecule has 0 radical (unpaired) electrons. The molecule has 13 heavy (non-hydrogen) atoms. The summed E-state index contributed by atoms with van der Waals surface area (Å²) < 4.78 is 5.72. The first kappa shape index (κ1) is 8.63. The highest BCUT2D eigenvalue weighted by Crippen LogP contribution is 2.37. The Kier molecular flexibility index (Phi) is 1.84. The monoisotopic (exact) mass is 198 g/mol. The van der Waals surface area contributed by atoms with Crippen LogP contribution in [-0.4, -0.2) is 17.1 Å². The zero-order valence-electron chi connectivity index (χ0n) is 7.60. The van der Waals surface area contributed by atoms with Crippen LogP contribution in [0, 0.1) is 0 Å². The lowest BCUT2D eigenvalue weighted by Crippen LogP contribution is -2.40. The van der Waals surface area contributed by atoms with E-state index in [0.29, 0.717) is 10.8 Å². The Morgan fingerprint density at radius 1 is 1.54 bits per heavy atom. The standard InChI is InChI=1S/C9H11ClN2O/c1-9(2)5-12-7-4-11-3-6(10)8(7)13-9/h3-4,12H,5H2,1-2H3. The summed E-state index contributed by atoms with van der Waals surface area (Å²) in [5.41, 5.74) is 0.657. The molecule has 70 valence electrons. The van der Waals surface area contributed by atoms with Crippen LogP contribution in [-0.2, 0) is 0 Å². The van der Waals surface area contributed by atoms with Gasteiger partial charge in [0.25, 0.3) is 0 Å². The van der Waals surface area contributed by atoms with Gasteiger partial charge in [-0.15, -0.1) is 0 Å². The lowest BCUT2D eigenvalue weighted by molar-refractivity contribution is 0.116. The van der Waals surface area contributed by atoms with Gasteiger partial charge in [-0.1, -0.05) is 11.6 Å². The summed E-state index contributed by atoms with van der Waals surface area (Å²) in [6, 6.07) is 0. The van der Waals surface area contributed by atoms with E-state index in [2.05, 4.69) is 10.3 Å². The van der Waals surface area contributed by atoms with E-state index in [1.54, 1.807) is 12.4 Å². The molecule has 2 rings (SSSR count). The van der Waals surface area contributed by atoms with Gasteiger partial charge in [0.2, 0.25) is 0 Å². The molecule has 2 heterocycles. The number of rotatable bonds is 0. The molecular formula is C9H11ClN2O. The highest BCUT2D eigenvalue weighted by Gasteiger charge is 2.27. The van der Waals surface area contributed by atoms with Gasteiger partial charge in [-0.25, -0.2) is 0 Å². The summed E-state index contributed by atoms with van der Waals surface area (Å²) in [5, 5.41) is 3.78. The Morgan fingerprint density at radius 2 is 2.31 bits per heavy atom. The van der Waals surface area contributed by atoms with E-state index in [0.717, 1.165) is 12.2 Å². The fourth-order valence-corrected chi connectivity index (χ4v) is 1.47. The Labute approximate surface area is 82.1 Å². The molecule has 3 nitrogen and oxygen atoms in total. The molecule has 4 heteroatoms. The van der Waals surface area contributed by atoms with Gasteiger partial charge in [-0.05, 0) is 13.8 Å². The van der Waals surface area contributed by atoms with Crippen LogP contribution in [0.1, 0.15) is 13.8 Å². The first-order valence-electron chi connectivity index (χ1n) is 4.15. The van der Waals surface area contributed by atoms with Gasteiger partial charge in [0.05, 0.1) is 18.4 Å². The number of fused-ring (bicyclic) bond motifs is 1. The minimum absolute atomic E-state index is 0.210. The van der Waals surface area contributed by atoms with E-state index in [4.69, 9.17) is 16.3 Å². The molecule has 1 N–H and O–H groups in total. The summed E-state index contributed by atoms with van der Waals surface area (Å²) in [6.07, 6.45) is 3.31. The van der Waals surface area contributed by atoms with Crippen molar-refractivity contribution in [3.8, 4) is 5.75 Å². The fraction of sp³-hybridized carbons (Fsp3) is 0.444. The van der Waals surface area contributed by atoms with E-state index in [-0.39, 0.29) is 5.60 Å². The van der Waals surface area contributed by atoms with Gasteiger partial charge in [-0.2, -0.15) is 0 Å². The van der Waals surface area contributed by atoms with Crippen molar-refractivity contribution in [2.24, 2.45) is 0 Å². The molecule has 1 aliphatic heterocycles. The van der Waals surface area contributed by atoms with E-state index in [1.165, 1.54) is 0 Å². The second-order valence-electron chi connectivity index (χ2n) is 3.71. The second kappa shape index (κ2) is 2.77. The molecule has 0 atom stereocenters. The smallest absolute Gasteiger partial charge is 0.165 e. The number of nitrogens with zero attached hydrogens (tertiary/aromatic N) is 1. The topological polar surface area (TPSA) is 34.2 Å². The molecule has 0 aliphatic carbocycles. The highest BCUT2D eigenvalue weighted by atomic mass is 35.5. The van der Waals surface area contributed by atoms with Crippen molar-refractivity contribution in [2.75, 3.05) is 11.9 Å². The first-order valence-corrected chi connectivity index (χ1v) is 4.53. The maximum Gasteiger partial charge on any atom is 0.165 e. The number of hydrogen-bond donors (Lipinski definition) is 1. The third-order valence-electron chi connectivity index (χ3n) is 1.94.